The fourth-order valence-corrected chi connectivity index (χ4v) is 2.85. The van der Waals surface area contributed by atoms with Crippen LogP contribution in [0.3, 0.4) is 0 Å². The Morgan fingerprint density at radius 1 is 1.23 bits per heavy atom. The van der Waals surface area contributed by atoms with Gasteiger partial charge in [-0.3, -0.25) is 4.79 Å². The van der Waals surface area contributed by atoms with Crippen molar-refractivity contribution < 1.29 is 23.1 Å². The Balaban J connectivity index is 2.65. The maximum absolute atomic E-state index is 11.2. The summed E-state index contributed by atoms with van der Waals surface area (Å²) in [6.07, 6.45) is 1.95. The van der Waals surface area contributed by atoms with Gasteiger partial charge in [0.2, 0.25) is 0 Å². The average Bonchev–Trinajstić information content (AvgIpc) is 2.52. The molecule has 124 valence electrons. The largest absolute Gasteiger partial charge is 0.469 e. The van der Waals surface area contributed by atoms with E-state index in [-0.39, 0.29) is 5.97 Å². The zero-order valence-corrected chi connectivity index (χ0v) is 14.7. The van der Waals surface area contributed by atoms with Crippen LogP contribution in [-0.2, 0) is 25.0 Å². The second-order valence-corrected chi connectivity index (χ2v) is 5.89. The maximum atomic E-state index is 11.2. The molecule has 1 aromatic carbocycles. The van der Waals surface area contributed by atoms with Gasteiger partial charge in [-0.25, -0.2) is 0 Å². The van der Waals surface area contributed by atoms with Gasteiger partial charge in [-0.2, -0.15) is 0 Å². The summed E-state index contributed by atoms with van der Waals surface area (Å²) in [7, 11) is 0.0360. The lowest BCUT2D eigenvalue weighted by molar-refractivity contribution is -0.140. The smallest absolute Gasteiger partial charge is 0.397 e. The molecule has 1 aromatic rings. The fraction of sp³-hybridized carbons (Fsp3) is 0.562. The minimum Gasteiger partial charge on any atom is -0.469 e. The third-order valence-electron chi connectivity index (χ3n) is 2.89. The number of carbonyl (C=O) groups excluding carboxylic acids is 1. The molecule has 1 rings (SSSR count). The molecule has 0 saturated heterocycles. The van der Waals surface area contributed by atoms with Crippen molar-refractivity contribution in [1.82, 2.24) is 0 Å². The molecule has 0 spiro atoms. The van der Waals surface area contributed by atoms with Gasteiger partial charge in [0, 0.05) is 6.42 Å². The summed E-state index contributed by atoms with van der Waals surface area (Å²) in [4.78, 5) is 11.2. The van der Waals surface area contributed by atoms with E-state index in [1.807, 2.05) is 39.0 Å². The molecule has 1 atom stereocenters. The number of carbonyl (C=O) groups is 1. The number of benzene rings is 1. The number of esters is 1. The molecule has 0 heterocycles. The Morgan fingerprint density at radius 3 is 2.59 bits per heavy atom. The van der Waals surface area contributed by atoms with Crippen LogP contribution < -0.4 is 4.52 Å². The highest BCUT2D eigenvalue weighted by molar-refractivity contribution is 7.42. The first-order valence-corrected chi connectivity index (χ1v) is 8.60. The molecule has 0 saturated carbocycles. The van der Waals surface area contributed by atoms with Crippen LogP contribution in [0.1, 0.15) is 37.8 Å². The van der Waals surface area contributed by atoms with Crippen LogP contribution >= 0.6 is 8.60 Å². The van der Waals surface area contributed by atoms with E-state index >= 15 is 0 Å². The second kappa shape index (κ2) is 10.5. The summed E-state index contributed by atoms with van der Waals surface area (Å²) in [6, 6.07) is 5.85. The first-order chi connectivity index (χ1) is 10.6. The van der Waals surface area contributed by atoms with E-state index in [1.54, 1.807) is 0 Å². The van der Waals surface area contributed by atoms with E-state index in [2.05, 4.69) is 4.74 Å². The van der Waals surface area contributed by atoms with Crippen LogP contribution in [0.25, 0.3) is 0 Å². The Morgan fingerprint density at radius 2 is 2.00 bits per heavy atom. The Hall–Kier alpha value is -1.16. The first-order valence-electron chi connectivity index (χ1n) is 7.51. The molecular weight excluding hydrogens is 303 g/mol. The number of rotatable bonds is 10. The summed E-state index contributed by atoms with van der Waals surface area (Å²) in [6.45, 7) is 7.08. The number of methoxy groups -OCH3 is 1. The first kappa shape index (κ1) is 18.9. The second-order valence-electron chi connectivity index (χ2n) is 4.74. The third kappa shape index (κ3) is 6.73. The van der Waals surface area contributed by atoms with Gasteiger partial charge in [-0.15, -0.1) is 0 Å². The molecule has 0 N–H and O–H groups in total. The normalized spacial score (nSPS) is 12.0. The Kier molecular flexibility index (Phi) is 9.05. The summed E-state index contributed by atoms with van der Waals surface area (Å²) in [5.41, 5.74) is 2.07. The predicted molar refractivity (Wildman–Crippen MR) is 86.9 cm³/mol. The van der Waals surface area contributed by atoms with Crippen molar-refractivity contribution in [2.45, 2.75) is 40.0 Å². The SMILES string of the molecule is CCCOP(OCC)Oc1ccc(CCC(=O)OC)cc1C. The third-order valence-corrected chi connectivity index (χ3v) is 4.10. The highest BCUT2D eigenvalue weighted by Crippen LogP contribution is 2.41. The van der Waals surface area contributed by atoms with Crippen molar-refractivity contribution in [3.05, 3.63) is 29.3 Å². The van der Waals surface area contributed by atoms with Crippen LogP contribution in [0.2, 0.25) is 0 Å². The molecule has 0 aliphatic carbocycles. The van der Waals surface area contributed by atoms with Crippen LogP contribution in [0, 0.1) is 6.92 Å². The van der Waals surface area contributed by atoms with Gasteiger partial charge in [0.05, 0.1) is 20.3 Å². The van der Waals surface area contributed by atoms with E-state index in [4.69, 9.17) is 13.6 Å². The van der Waals surface area contributed by atoms with Crippen molar-refractivity contribution >= 4 is 14.6 Å². The molecule has 0 aromatic heterocycles. The van der Waals surface area contributed by atoms with E-state index in [0.717, 1.165) is 23.3 Å². The number of aryl methyl sites for hydroxylation is 2. The van der Waals surface area contributed by atoms with Gasteiger partial charge in [0.1, 0.15) is 5.75 Å². The summed E-state index contributed by atoms with van der Waals surface area (Å²) in [5.74, 6) is 0.545. The lowest BCUT2D eigenvalue weighted by atomic mass is 10.1. The molecular formula is C16H25O5P. The number of ether oxygens (including phenoxy) is 1. The molecule has 0 aliphatic heterocycles. The van der Waals surface area contributed by atoms with Crippen LogP contribution in [0.4, 0.5) is 0 Å². The minimum atomic E-state index is -1.36. The van der Waals surface area contributed by atoms with Gasteiger partial charge in [0.25, 0.3) is 0 Å². The molecule has 0 radical (unpaired) electrons. The number of hydrogen-bond acceptors (Lipinski definition) is 5. The van der Waals surface area contributed by atoms with Gasteiger partial charge >= 0.3 is 14.6 Å². The van der Waals surface area contributed by atoms with E-state index in [1.165, 1.54) is 7.11 Å². The van der Waals surface area contributed by atoms with Crippen molar-refractivity contribution in [1.29, 1.82) is 0 Å². The zero-order chi connectivity index (χ0) is 16.4. The van der Waals surface area contributed by atoms with Crippen molar-refractivity contribution in [2.24, 2.45) is 0 Å². The van der Waals surface area contributed by atoms with E-state index in [0.29, 0.717) is 26.1 Å². The average molecular weight is 328 g/mol. The van der Waals surface area contributed by atoms with Gasteiger partial charge in [0.15, 0.2) is 0 Å². The molecule has 0 amide bonds. The van der Waals surface area contributed by atoms with Gasteiger partial charge in [-0.1, -0.05) is 19.1 Å². The van der Waals surface area contributed by atoms with Crippen molar-refractivity contribution in [3.63, 3.8) is 0 Å². The van der Waals surface area contributed by atoms with Crippen molar-refractivity contribution in [2.75, 3.05) is 20.3 Å². The summed E-state index contributed by atoms with van der Waals surface area (Å²) in [5, 5.41) is 0. The van der Waals surface area contributed by atoms with Crippen LogP contribution in [-0.4, -0.2) is 26.3 Å². The topological polar surface area (TPSA) is 54.0 Å². The molecule has 0 bridgehead atoms. The van der Waals surface area contributed by atoms with Gasteiger partial charge < -0.3 is 18.3 Å². The lowest BCUT2D eigenvalue weighted by Crippen LogP contribution is -2.02. The molecule has 1 unspecified atom stereocenters. The molecule has 5 nitrogen and oxygen atoms in total. The quantitative estimate of drug-likeness (QED) is 0.476. The van der Waals surface area contributed by atoms with Crippen molar-refractivity contribution in [3.8, 4) is 5.75 Å². The van der Waals surface area contributed by atoms with Gasteiger partial charge in [-0.05, 0) is 43.9 Å². The zero-order valence-electron chi connectivity index (χ0n) is 13.8. The Bertz CT molecular complexity index is 464. The maximum Gasteiger partial charge on any atom is 0.397 e. The minimum absolute atomic E-state index is 0.203. The van der Waals surface area contributed by atoms with E-state index < -0.39 is 8.60 Å². The highest BCUT2D eigenvalue weighted by atomic mass is 31.2. The fourth-order valence-electron chi connectivity index (χ4n) is 1.76. The standard InChI is InChI=1S/C16H25O5P/c1-5-11-20-22(19-6-2)21-15-9-7-14(12-13(15)3)8-10-16(17)18-4/h7,9,12H,5-6,8,10-11H2,1-4H3. The molecule has 6 heteroatoms. The molecule has 0 fully saturated rings. The summed E-state index contributed by atoms with van der Waals surface area (Å²) < 4.78 is 21.5. The van der Waals surface area contributed by atoms with E-state index in [9.17, 15) is 4.79 Å². The number of hydrogen-bond donors (Lipinski definition) is 0. The highest BCUT2D eigenvalue weighted by Gasteiger charge is 2.15. The molecule has 22 heavy (non-hydrogen) atoms. The lowest BCUT2D eigenvalue weighted by Gasteiger charge is -2.17. The summed E-state index contributed by atoms with van der Waals surface area (Å²) >= 11 is 0. The van der Waals surface area contributed by atoms with Crippen LogP contribution in [0.5, 0.6) is 5.75 Å². The Labute approximate surface area is 133 Å². The monoisotopic (exact) mass is 328 g/mol. The van der Waals surface area contributed by atoms with Crippen LogP contribution in [0.15, 0.2) is 18.2 Å². The molecule has 0 aliphatic rings. The predicted octanol–water partition coefficient (Wildman–Crippen LogP) is 4.17.